The number of hydrogen-bond donors (Lipinski definition) is 3. The Bertz CT molecular complexity index is 2930. The number of fused-ring (bicyclic) bond motifs is 1. The summed E-state index contributed by atoms with van der Waals surface area (Å²) in [5.74, 6) is 0.0340. The maximum atomic E-state index is 15.2. The number of nitrogens with one attached hydrogen (secondary N) is 3. The lowest BCUT2D eigenvalue weighted by Crippen LogP contribution is -2.55. The number of piperazine rings is 2. The van der Waals surface area contributed by atoms with Gasteiger partial charge in [0.15, 0.2) is 0 Å². The normalized spacial score (nSPS) is 21.7. The van der Waals surface area contributed by atoms with E-state index in [2.05, 4.69) is 36.7 Å². The van der Waals surface area contributed by atoms with E-state index in [0.717, 1.165) is 102 Å². The van der Waals surface area contributed by atoms with Crippen LogP contribution < -0.4 is 16.2 Å². The molecule has 4 aromatic rings. The smallest absolute Gasteiger partial charge is 0.272 e. The van der Waals surface area contributed by atoms with Gasteiger partial charge in [0.05, 0.1) is 29.7 Å². The van der Waals surface area contributed by atoms with Crippen LogP contribution in [0.2, 0.25) is 0 Å². The Hall–Kier alpha value is -6.57. The van der Waals surface area contributed by atoms with Crippen molar-refractivity contribution in [3.8, 4) is 0 Å². The maximum absolute atomic E-state index is 15.2. The van der Waals surface area contributed by atoms with Crippen LogP contribution in [0, 0.1) is 23.6 Å². The van der Waals surface area contributed by atoms with Crippen LogP contribution in [0.4, 0.5) is 4.39 Å². The van der Waals surface area contributed by atoms with E-state index in [0.29, 0.717) is 124 Å². The van der Waals surface area contributed by atoms with E-state index in [4.69, 9.17) is 0 Å². The van der Waals surface area contributed by atoms with Crippen molar-refractivity contribution in [1.82, 2.24) is 55.1 Å². The number of amides is 6. The topological polar surface area (TPSA) is 195 Å². The van der Waals surface area contributed by atoms with E-state index < -0.39 is 17.8 Å². The Labute approximate surface area is 468 Å². The minimum atomic E-state index is -0.610. The molecule has 1 aromatic heterocycles. The molecule has 5 saturated heterocycles. The van der Waals surface area contributed by atoms with Gasteiger partial charge in [-0.1, -0.05) is 55.7 Å². The Morgan fingerprint density at radius 1 is 0.688 bits per heavy atom. The highest BCUT2D eigenvalue weighted by Gasteiger charge is 2.37. The molecule has 80 heavy (non-hydrogen) atoms. The highest BCUT2D eigenvalue weighted by Crippen LogP contribution is 2.31. The van der Waals surface area contributed by atoms with Crippen molar-refractivity contribution in [2.24, 2.45) is 17.8 Å². The largest absolute Gasteiger partial charge is 0.345 e. The molecule has 428 valence electrons. The van der Waals surface area contributed by atoms with Gasteiger partial charge < -0.3 is 40.0 Å². The van der Waals surface area contributed by atoms with E-state index >= 15 is 4.39 Å². The number of likely N-dealkylation sites (tertiary alicyclic amines) is 3. The third kappa shape index (κ3) is 13.9. The van der Waals surface area contributed by atoms with Crippen LogP contribution in [0.15, 0.2) is 71.5 Å². The van der Waals surface area contributed by atoms with Crippen LogP contribution in [0.5, 0.6) is 0 Å². The fourth-order valence-electron chi connectivity index (χ4n) is 13.2. The highest BCUT2D eigenvalue weighted by molar-refractivity contribution is 5.98. The van der Waals surface area contributed by atoms with Crippen molar-refractivity contribution in [3.05, 3.63) is 111 Å². The number of nitrogens with zero attached hydrogens (tertiary/aromatic N) is 8. The molecule has 10 rings (SSSR count). The van der Waals surface area contributed by atoms with Gasteiger partial charge in [-0.3, -0.25) is 38.5 Å². The van der Waals surface area contributed by atoms with Gasteiger partial charge in [0.25, 0.3) is 17.4 Å². The van der Waals surface area contributed by atoms with Crippen molar-refractivity contribution in [2.45, 2.75) is 89.0 Å². The first-order valence-corrected chi connectivity index (χ1v) is 29.5. The Balaban J connectivity index is 0.646. The first kappa shape index (κ1) is 56.7. The van der Waals surface area contributed by atoms with Gasteiger partial charge in [-0.25, -0.2) is 9.49 Å². The van der Waals surface area contributed by atoms with Crippen LogP contribution in [0.25, 0.3) is 10.8 Å². The highest BCUT2D eigenvalue weighted by atomic mass is 19.1. The number of carbonyl (C=O) groups excluding carboxylic acids is 6. The lowest BCUT2D eigenvalue weighted by molar-refractivity contribution is -0.137. The van der Waals surface area contributed by atoms with Crippen molar-refractivity contribution < 1.29 is 33.2 Å². The van der Waals surface area contributed by atoms with Crippen LogP contribution in [0.1, 0.15) is 114 Å². The molecule has 1 saturated carbocycles. The van der Waals surface area contributed by atoms with E-state index in [-0.39, 0.29) is 59.0 Å². The molecular weight excluding hydrogens is 1020 g/mol. The standard InChI is InChI=1S/C61H80FN11O7/c1-67-38-44(17-19-54(67)74)36-63-37-55(75)73-22-8-13-48(40-73)46-11-7-12-47(35-46)58(77)64-57(45-9-3-2-4-10-45)61(80)71-23-20-42(21-24-71)39-68-25-27-69(28-26-68)41-56(76)70-29-31-72(32-30-70)60(79)51-33-43(16-18-52(51)62)34-53-49-14-5-6-15-50(49)59(78)66-65-53/h5-7,11-12,14-16,18,33,35,42,44-45,48,57,63H,2-4,8-10,13,17,19-32,34,36-41H2,1H3,(H,64,77)(H,66,78)/t44?,48?,57-/m1/s1. The number of H-pyrrole nitrogens is 1. The van der Waals surface area contributed by atoms with E-state index in [1.165, 1.54) is 6.07 Å². The zero-order chi connectivity index (χ0) is 55.7. The fraction of sp³-hybridized carbons (Fsp3) is 0.574. The average molecular weight is 1100 g/mol. The second-order valence-electron chi connectivity index (χ2n) is 23.5. The molecule has 2 unspecified atom stereocenters. The summed E-state index contributed by atoms with van der Waals surface area (Å²) in [6.07, 6.45) is 10.4. The predicted molar refractivity (Wildman–Crippen MR) is 302 cm³/mol. The lowest BCUT2D eigenvalue weighted by atomic mass is 9.82. The van der Waals surface area contributed by atoms with Crippen LogP contribution in [-0.4, -0.2) is 204 Å². The van der Waals surface area contributed by atoms with Crippen LogP contribution in [-0.2, 0) is 25.6 Å². The van der Waals surface area contributed by atoms with Crippen LogP contribution >= 0.6 is 0 Å². The quantitative estimate of drug-likeness (QED) is 0.145. The van der Waals surface area contributed by atoms with E-state index in [1.807, 2.05) is 47.2 Å². The molecule has 6 amide bonds. The Morgan fingerprint density at radius 2 is 1.43 bits per heavy atom. The molecule has 3 N–H and O–H groups in total. The zero-order valence-electron chi connectivity index (χ0n) is 46.6. The molecule has 3 aromatic carbocycles. The third-order valence-electron chi connectivity index (χ3n) is 18.1. The predicted octanol–water partition coefficient (Wildman–Crippen LogP) is 4.34. The SMILES string of the molecule is CN1CC(CNCC(=O)N2CCCC(c3cccc(C(=O)N[C@@H](C(=O)N4CCC(CN5CCN(CC(=O)N6CCN(C(=O)c7cc(Cc8n[nH]c(=O)c9ccccc89)ccc7F)CC6)CC5)CC4)C4CCCCC4)c3)C2)CCC1=O. The maximum Gasteiger partial charge on any atom is 0.272 e. The summed E-state index contributed by atoms with van der Waals surface area (Å²) in [5, 5.41) is 14.6. The molecule has 0 spiro atoms. The van der Waals surface area contributed by atoms with E-state index in [9.17, 15) is 33.6 Å². The molecule has 6 heterocycles. The Kier molecular flexibility index (Phi) is 18.7. The monoisotopic (exact) mass is 1100 g/mol. The minimum Gasteiger partial charge on any atom is -0.345 e. The molecule has 6 aliphatic rings. The number of benzene rings is 3. The first-order chi connectivity index (χ1) is 38.8. The summed E-state index contributed by atoms with van der Waals surface area (Å²) in [5.41, 5.74) is 2.58. The molecule has 19 heteroatoms. The van der Waals surface area contributed by atoms with E-state index in [1.54, 1.807) is 39.0 Å². The third-order valence-corrected chi connectivity index (χ3v) is 18.1. The summed E-state index contributed by atoms with van der Waals surface area (Å²) in [6, 6.07) is 18.8. The summed E-state index contributed by atoms with van der Waals surface area (Å²) < 4.78 is 15.2. The number of rotatable bonds is 16. The van der Waals surface area contributed by atoms with Crippen molar-refractivity contribution >= 4 is 46.2 Å². The fourth-order valence-corrected chi connectivity index (χ4v) is 13.2. The first-order valence-electron chi connectivity index (χ1n) is 29.5. The van der Waals surface area contributed by atoms with Gasteiger partial charge in [-0.05, 0) is 104 Å². The molecule has 1 aliphatic carbocycles. The Morgan fingerprint density at radius 3 is 2.19 bits per heavy atom. The van der Waals surface area contributed by atoms with Gasteiger partial charge in [-0.2, -0.15) is 5.10 Å². The molecule has 3 atom stereocenters. The number of halogens is 1. The lowest BCUT2D eigenvalue weighted by Gasteiger charge is -2.41. The summed E-state index contributed by atoms with van der Waals surface area (Å²) in [6.45, 7) is 10.2. The van der Waals surface area contributed by atoms with Gasteiger partial charge in [0.1, 0.15) is 11.9 Å². The number of piperidine rings is 3. The number of carbonyl (C=O) groups is 6. The number of hydrogen-bond acceptors (Lipinski definition) is 11. The van der Waals surface area contributed by atoms with Crippen molar-refractivity contribution in [1.29, 1.82) is 0 Å². The zero-order valence-corrected chi connectivity index (χ0v) is 46.6. The van der Waals surface area contributed by atoms with Gasteiger partial charge in [-0.15, -0.1) is 0 Å². The summed E-state index contributed by atoms with van der Waals surface area (Å²) in [4.78, 5) is 107. The molecular formula is C61H80FN11O7. The molecule has 5 aliphatic heterocycles. The minimum absolute atomic E-state index is 0.0245. The van der Waals surface area contributed by atoms with Crippen LogP contribution in [0.3, 0.4) is 0 Å². The molecule has 0 radical (unpaired) electrons. The molecule has 18 nitrogen and oxygen atoms in total. The van der Waals surface area contributed by atoms with Crippen molar-refractivity contribution in [3.63, 3.8) is 0 Å². The summed E-state index contributed by atoms with van der Waals surface area (Å²) in [7, 11) is 1.84. The summed E-state index contributed by atoms with van der Waals surface area (Å²) >= 11 is 0. The molecule has 6 fully saturated rings. The number of aromatic nitrogens is 2. The second kappa shape index (κ2) is 26.3. The van der Waals surface area contributed by atoms with Gasteiger partial charge >= 0.3 is 0 Å². The van der Waals surface area contributed by atoms with Gasteiger partial charge in [0, 0.05) is 135 Å². The molecule has 0 bridgehead atoms. The van der Waals surface area contributed by atoms with Gasteiger partial charge in [0.2, 0.25) is 23.6 Å². The average Bonchev–Trinajstić information content (AvgIpc) is 3.51. The van der Waals surface area contributed by atoms with Crippen molar-refractivity contribution in [2.75, 3.05) is 118 Å². The number of aromatic amines is 1. The second-order valence-corrected chi connectivity index (χ2v) is 23.5.